The molecule has 0 unspecified atom stereocenters. The molecule has 0 bridgehead atoms. The molecular formula is C22H20ClN3O6S2. The van der Waals surface area contributed by atoms with Crippen molar-refractivity contribution in [3.8, 4) is 5.75 Å². The number of nitrogens with zero attached hydrogens (tertiary/aromatic N) is 2. The van der Waals surface area contributed by atoms with Crippen LogP contribution in [0.3, 0.4) is 0 Å². The van der Waals surface area contributed by atoms with Crippen molar-refractivity contribution in [3.63, 3.8) is 0 Å². The Hall–Kier alpha value is -3.15. The van der Waals surface area contributed by atoms with Gasteiger partial charge in [0.1, 0.15) is 12.4 Å². The van der Waals surface area contributed by atoms with Gasteiger partial charge in [0.25, 0.3) is 15.9 Å². The van der Waals surface area contributed by atoms with E-state index in [0.717, 1.165) is 0 Å². The molecule has 1 aromatic heterocycles. The van der Waals surface area contributed by atoms with Gasteiger partial charge >= 0.3 is 5.97 Å². The summed E-state index contributed by atoms with van der Waals surface area (Å²) in [6.45, 7) is 1.80. The number of amides is 1. The summed E-state index contributed by atoms with van der Waals surface area (Å²) in [5, 5.41) is 5.15. The molecule has 0 radical (unpaired) electrons. The van der Waals surface area contributed by atoms with Gasteiger partial charge in [0.05, 0.1) is 29.4 Å². The van der Waals surface area contributed by atoms with Crippen LogP contribution in [0, 0.1) is 0 Å². The van der Waals surface area contributed by atoms with Crippen molar-refractivity contribution in [1.82, 2.24) is 4.98 Å². The van der Waals surface area contributed by atoms with E-state index in [4.69, 9.17) is 21.1 Å². The first-order chi connectivity index (χ1) is 16.2. The molecule has 0 atom stereocenters. The lowest BCUT2D eigenvalue weighted by molar-refractivity contribution is -0.140. The summed E-state index contributed by atoms with van der Waals surface area (Å²) in [4.78, 5) is 28.1. The van der Waals surface area contributed by atoms with E-state index in [9.17, 15) is 18.0 Å². The Morgan fingerprint density at radius 3 is 2.85 bits per heavy atom. The molecular weight excluding hydrogens is 502 g/mol. The van der Waals surface area contributed by atoms with Crippen molar-refractivity contribution in [1.29, 1.82) is 0 Å². The third-order valence-electron chi connectivity index (χ3n) is 4.86. The molecule has 0 aliphatic carbocycles. The second-order valence-electron chi connectivity index (χ2n) is 7.25. The van der Waals surface area contributed by atoms with Crippen molar-refractivity contribution in [2.24, 2.45) is 0 Å². The number of halogens is 1. The highest BCUT2D eigenvalue weighted by molar-refractivity contribution is 7.92. The lowest BCUT2D eigenvalue weighted by atomic mass is 10.1. The molecule has 4 rings (SSSR count). The van der Waals surface area contributed by atoms with Gasteiger partial charge < -0.3 is 9.47 Å². The molecule has 1 aliphatic heterocycles. The first-order valence-corrected chi connectivity index (χ1v) is 12.9. The number of carbonyl (C=O) groups excluding carboxylic acids is 2. The quantitative estimate of drug-likeness (QED) is 0.471. The van der Waals surface area contributed by atoms with E-state index in [1.54, 1.807) is 29.6 Å². The van der Waals surface area contributed by atoms with E-state index in [-0.39, 0.29) is 41.9 Å². The van der Waals surface area contributed by atoms with Crippen molar-refractivity contribution >= 4 is 55.7 Å². The van der Waals surface area contributed by atoms with Gasteiger partial charge in [-0.25, -0.2) is 13.4 Å². The molecule has 1 amide bonds. The number of hydrogen-bond donors (Lipinski definition) is 1. The summed E-state index contributed by atoms with van der Waals surface area (Å²) >= 11 is 7.23. The first-order valence-electron chi connectivity index (χ1n) is 10.2. The third kappa shape index (κ3) is 5.32. The van der Waals surface area contributed by atoms with Crippen LogP contribution in [0.15, 0.2) is 52.7 Å². The molecule has 0 saturated heterocycles. The van der Waals surface area contributed by atoms with Crippen molar-refractivity contribution < 1.29 is 27.5 Å². The summed E-state index contributed by atoms with van der Waals surface area (Å²) in [5.74, 6) is -0.462. The molecule has 1 N–H and O–H groups in total. The average molecular weight is 522 g/mol. The van der Waals surface area contributed by atoms with Crippen molar-refractivity contribution in [2.75, 3.05) is 29.4 Å². The highest BCUT2D eigenvalue weighted by Gasteiger charge is 2.31. The Kier molecular flexibility index (Phi) is 7.05. The van der Waals surface area contributed by atoms with Gasteiger partial charge in [-0.3, -0.25) is 19.2 Å². The summed E-state index contributed by atoms with van der Waals surface area (Å²) in [5.41, 5.74) is 1.19. The predicted molar refractivity (Wildman–Crippen MR) is 128 cm³/mol. The smallest absolute Gasteiger partial charge is 0.302 e. The number of carbonyl (C=O) groups is 2. The minimum Gasteiger partial charge on any atom is -0.489 e. The highest BCUT2D eigenvalue weighted by atomic mass is 35.5. The molecule has 3 aromatic rings. The molecule has 0 saturated carbocycles. The molecule has 2 heterocycles. The summed E-state index contributed by atoms with van der Waals surface area (Å²) in [6.07, 6.45) is 0.429. The first kappa shape index (κ1) is 24.0. The monoisotopic (exact) mass is 521 g/mol. The maximum absolute atomic E-state index is 13.3. The number of hydrogen-bond acceptors (Lipinski definition) is 8. The maximum Gasteiger partial charge on any atom is 0.302 e. The average Bonchev–Trinajstić information content (AvgIpc) is 3.25. The Labute approximate surface area is 205 Å². The fourth-order valence-corrected chi connectivity index (χ4v) is 5.78. The number of rotatable bonds is 7. The minimum atomic E-state index is -3.92. The summed E-state index contributed by atoms with van der Waals surface area (Å²) in [7, 11) is -3.92. The lowest BCUT2D eigenvalue weighted by Crippen LogP contribution is -2.38. The lowest BCUT2D eigenvalue weighted by Gasteiger charge is -2.30. The van der Waals surface area contributed by atoms with E-state index in [0.29, 0.717) is 28.0 Å². The number of aromatic nitrogens is 1. The van der Waals surface area contributed by atoms with Crippen LogP contribution in [-0.2, 0) is 26.0 Å². The van der Waals surface area contributed by atoms with Gasteiger partial charge in [-0.15, -0.1) is 11.3 Å². The maximum atomic E-state index is 13.3. The van der Waals surface area contributed by atoms with Crippen molar-refractivity contribution in [2.45, 2.75) is 18.2 Å². The van der Waals surface area contributed by atoms with Crippen LogP contribution in [0.1, 0.15) is 23.0 Å². The zero-order valence-corrected chi connectivity index (χ0v) is 20.4. The Balaban J connectivity index is 1.54. The molecule has 12 heteroatoms. The Morgan fingerprint density at radius 2 is 2.09 bits per heavy atom. The Bertz CT molecular complexity index is 1340. The number of benzene rings is 2. The van der Waals surface area contributed by atoms with Crippen LogP contribution in [0.5, 0.6) is 5.75 Å². The van der Waals surface area contributed by atoms with Crippen LogP contribution in [0.25, 0.3) is 0 Å². The fourth-order valence-electron chi connectivity index (χ4n) is 3.29. The highest BCUT2D eigenvalue weighted by Crippen LogP contribution is 2.36. The number of esters is 1. The van der Waals surface area contributed by atoms with E-state index in [2.05, 4.69) is 10.3 Å². The van der Waals surface area contributed by atoms with Crippen LogP contribution >= 0.6 is 22.9 Å². The topological polar surface area (TPSA) is 115 Å². The molecule has 1 aliphatic rings. The fraction of sp³-hybridized carbons (Fsp3) is 0.227. The zero-order valence-electron chi connectivity index (χ0n) is 18.0. The molecule has 0 fully saturated rings. The van der Waals surface area contributed by atoms with Gasteiger partial charge in [0.15, 0.2) is 5.13 Å². The van der Waals surface area contributed by atoms with Crippen LogP contribution in [-0.4, -0.2) is 45.0 Å². The van der Waals surface area contributed by atoms with Crippen LogP contribution in [0.4, 0.5) is 10.8 Å². The second-order valence-corrected chi connectivity index (χ2v) is 10.4. The zero-order chi connectivity index (χ0) is 24.3. The Morgan fingerprint density at radius 1 is 1.26 bits per heavy atom. The van der Waals surface area contributed by atoms with Crippen molar-refractivity contribution in [3.05, 3.63) is 64.1 Å². The number of thiazole rings is 1. The summed E-state index contributed by atoms with van der Waals surface area (Å²) < 4.78 is 38.3. The van der Waals surface area contributed by atoms with Gasteiger partial charge in [-0.1, -0.05) is 17.7 Å². The van der Waals surface area contributed by atoms with E-state index in [1.807, 2.05) is 0 Å². The number of fused-ring (bicyclic) bond motifs is 1. The number of nitrogens with one attached hydrogen (secondary N) is 1. The SMILES string of the molecule is CC(=O)OCCc1csc(NC(=O)c2ccc3c(c2)N(S(=O)(=O)c2cccc(Cl)c2)CCO3)n1. The normalized spacial score (nSPS) is 13.1. The third-order valence-corrected chi connectivity index (χ3v) is 7.71. The van der Waals surface area contributed by atoms with Gasteiger partial charge in [-0.2, -0.15) is 0 Å². The van der Waals surface area contributed by atoms with Gasteiger partial charge in [-0.05, 0) is 36.4 Å². The second kappa shape index (κ2) is 10.00. The van der Waals surface area contributed by atoms with Gasteiger partial charge in [0, 0.05) is 29.3 Å². The van der Waals surface area contributed by atoms with Crippen LogP contribution in [0.2, 0.25) is 5.02 Å². The van der Waals surface area contributed by atoms with Crippen LogP contribution < -0.4 is 14.4 Å². The number of ether oxygens (including phenoxy) is 2. The summed E-state index contributed by atoms with van der Waals surface area (Å²) in [6, 6.07) is 10.6. The van der Waals surface area contributed by atoms with E-state index < -0.39 is 15.9 Å². The molecule has 178 valence electrons. The van der Waals surface area contributed by atoms with E-state index >= 15 is 0 Å². The number of anilines is 2. The number of sulfonamides is 1. The molecule has 9 nitrogen and oxygen atoms in total. The molecule has 2 aromatic carbocycles. The molecule has 34 heavy (non-hydrogen) atoms. The van der Waals surface area contributed by atoms with E-state index in [1.165, 1.54) is 40.8 Å². The predicted octanol–water partition coefficient (Wildman–Crippen LogP) is 3.74. The largest absolute Gasteiger partial charge is 0.489 e. The van der Waals surface area contributed by atoms with Gasteiger partial charge in [0.2, 0.25) is 0 Å². The minimum absolute atomic E-state index is 0.0479. The molecule has 0 spiro atoms. The standard InChI is InChI=1S/C22H20ClN3O6S2/c1-14(27)31-9-7-17-13-33-22(24-17)25-21(28)15-5-6-20-19(11-15)26(8-10-32-20)34(29,30)18-4-2-3-16(23)12-18/h2-6,11-13H,7-10H2,1H3,(H,24,25,28).